The highest BCUT2D eigenvalue weighted by molar-refractivity contribution is 6.33. The van der Waals surface area contributed by atoms with Crippen LogP contribution in [-0.2, 0) is 30.8 Å². The van der Waals surface area contributed by atoms with E-state index < -0.39 is 5.97 Å². The molecule has 4 rings (SSSR count). The first-order valence-electron chi connectivity index (χ1n) is 11.7. The molecule has 1 aromatic heterocycles. The Hall–Kier alpha value is -3.44. The highest BCUT2D eigenvalue weighted by Gasteiger charge is 2.20. The third-order valence-electron chi connectivity index (χ3n) is 6.26. The van der Waals surface area contributed by atoms with Gasteiger partial charge in [-0.05, 0) is 60.7 Å². The van der Waals surface area contributed by atoms with E-state index in [2.05, 4.69) is 0 Å². The largest absolute Gasteiger partial charge is 0.488 e. The van der Waals surface area contributed by atoms with Crippen molar-refractivity contribution in [1.82, 2.24) is 0 Å². The molecule has 0 unspecified atom stereocenters. The van der Waals surface area contributed by atoms with Crippen LogP contribution in [0, 0.1) is 13.8 Å². The van der Waals surface area contributed by atoms with Gasteiger partial charge in [-0.2, -0.15) is 0 Å². The molecule has 0 amide bonds. The molecule has 4 aromatic rings. The van der Waals surface area contributed by atoms with E-state index in [4.69, 9.17) is 30.6 Å². The number of hydrogen-bond acceptors (Lipinski definition) is 4. The number of carboxylic acids is 1. The number of fused-ring (bicyclic) bond motifs is 1. The smallest absolute Gasteiger partial charge is 0.303 e. The minimum atomic E-state index is -0.805. The minimum absolute atomic E-state index is 0.0986. The molecule has 0 fully saturated rings. The molecule has 0 radical (unpaired) electrons. The predicted molar refractivity (Wildman–Crippen MR) is 138 cm³/mol. The summed E-state index contributed by atoms with van der Waals surface area (Å²) in [7, 11) is 0. The van der Waals surface area contributed by atoms with Gasteiger partial charge in [0.15, 0.2) is 0 Å². The third kappa shape index (κ3) is 5.63. The molecule has 0 atom stereocenters. The second-order valence-electron chi connectivity index (χ2n) is 8.58. The van der Waals surface area contributed by atoms with Crippen LogP contribution in [0.25, 0.3) is 11.0 Å². The summed E-state index contributed by atoms with van der Waals surface area (Å²) in [5.41, 5.74) is 5.52. The Morgan fingerprint density at radius 2 is 1.77 bits per heavy atom. The molecular weight excluding hydrogens is 464 g/mol. The molecule has 3 aromatic carbocycles. The van der Waals surface area contributed by atoms with Crippen LogP contribution in [0.5, 0.6) is 11.5 Å². The lowest BCUT2D eigenvalue weighted by Gasteiger charge is -2.17. The number of ether oxygens (including phenoxy) is 2. The Labute approximate surface area is 210 Å². The van der Waals surface area contributed by atoms with E-state index >= 15 is 0 Å². The fraction of sp³-hybridized carbons (Fsp3) is 0.276. The molecule has 0 bridgehead atoms. The van der Waals surface area contributed by atoms with Crippen LogP contribution in [0.1, 0.15) is 46.9 Å². The van der Waals surface area contributed by atoms with Gasteiger partial charge in [-0.3, -0.25) is 4.79 Å². The summed E-state index contributed by atoms with van der Waals surface area (Å²) < 4.78 is 18.6. The van der Waals surface area contributed by atoms with Crippen LogP contribution in [0.2, 0.25) is 5.02 Å². The lowest BCUT2D eigenvalue weighted by atomic mass is 9.99. The monoisotopic (exact) mass is 492 g/mol. The maximum atomic E-state index is 11.0. The molecule has 0 aliphatic rings. The molecule has 0 spiro atoms. The summed E-state index contributed by atoms with van der Waals surface area (Å²) in [5.74, 6) is 1.34. The van der Waals surface area contributed by atoms with Crippen LogP contribution in [0.15, 0.2) is 59.0 Å². The van der Waals surface area contributed by atoms with Crippen molar-refractivity contribution in [1.29, 1.82) is 0 Å². The summed E-state index contributed by atoms with van der Waals surface area (Å²) in [6.07, 6.45) is 1.35. The number of rotatable bonds is 10. The first-order chi connectivity index (χ1) is 16.9. The fourth-order valence-electron chi connectivity index (χ4n) is 4.11. The summed E-state index contributed by atoms with van der Waals surface area (Å²) >= 11 is 6.68. The molecule has 1 heterocycles. The number of furan rings is 1. The summed E-state index contributed by atoms with van der Waals surface area (Å²) in [6, 6.07) is 17.6. The number of benzene rings is 3. The average Bonchev–Trinajstić information content (AvgIpc) is 3.26. The van der Waals surface area contributed by atoms with E-state index in [-0.39, 0.29) is 13.0 Å². The van der Waals surface area contributed by atoms with Gasteiger partial charge in [0.2, 0.25) is 0 Å². The lowest BCUT2D eigenvalue weighted by molar-refractivity contribution is -0.136. The molecule has 1 N–H and O–H groups in total. The number of carbonyl (C=O) groups is 1. The Bertz CT molecular complexity index is 1340. The van der Waals surface area contributed by atoms with E-state index in [1.54, 1.807) is 0 Å². The fourth-order valence-corrected chi connectivity index (χ4v) is 4.40. The maximum absolute atomic E-state index is 11.0. The van der Waals surface area contributed by atoms with Gasteiger partial charge in [0.1, 0.15) is 36.1 Å². The first kappa shape index (κ1) is 24.7. The van der Waals surface area contributed by atoms with Gasteiger partial charge in [0.25, 0.3) is 0 Å². The van der Waals surface area contributed by atoms with Gasteiger partial charge >= 0.3 is 5.97 Å². The van der Waals surface area contributed by atoms with Crippen LogP contribution >= 0.6 is 11.6 Å². The van der Waals surface area contributed by atoms with Crippen molar-refractivity contribution in [2.45, 2.75) is 53.2 Å². The van der Waals surface area contributed by atoms with Crippen molar-refractivity contribution in [2.24, 2.45) is 0 Å². The van der Waals surface area contributed by atoms with E-state index in [1.807, 2.05) is 75.4 Å². The van der Waals surface area contributed by atoms with E-state index in [9.17, 15) is 4.79 Å². The Morgan fingerprint density at radius 1 is 1.00 bits per heavy atom. The number of aliphatic carboxylic acids is 1. The highest BCUT2D eigenvalue weighted by Crippen LogP contribution is 2.39. The van der Waals surface area contributed by atoms with Gasteiger partial charge in [-0.25, -0.2) is 0 Å². The van der Waals surface area contributed by atoms with E-state index in [1.165, 1.54) is 0 Å². The molecule has 6 heteroatoms. The average molecular weight is 493 g/mol. The zero-order chi connectivity index (χ0) is 24.9. The number of aryl methyl sites for hydroxylation is 2. The zero-order valence-electron chi connectivity index (χ0n) is 20.2. The molecule has 35 heavy (non-hydrogen) atoms. The molecule has 0 saturated heterocycles. The van der Waals surface area contributed by atoms with Crippen molar-refractivity contribution < 1.29 is 23.8 Å². The molecule has 5 nitrogen and oxygen atoms in total. The van der Waals surface area contributed by atoms with Gasteiger partial charge in [0, 0.05) is 18.2 Å². The SMILES string of the molecule is CCc1cc2cc(Cl)c(OCc3ccccc3)c(COc3ccc(CCC(=O)O)c(C)c3C)c2o1. The van der Waals surface area contributed by atoms with Gasteiger partial charge < -0.3 is 19.0 Å². The van der Waals surface area contributed by atoms with Crippen LogP contribution in [-0.4, -0.2) is 11.1 Å². The number of carboxylic acid groups (broad SMARTS) is 1. The number of halogens is 1. The lowest BCUT2D eigenvalue weighted by Crippen LogP contribution is -2.05. The Kier molecular flexibility index (Phi) is 7.67. The van der Waals surface area contributed by atoms with Crippen LogP contribution in [0.4, 0.5) is 0 Å². The summed E-state index contributed by atoms with van der Waals surface area (Å²) in [4.78, 5) is 11.0. The molecule has 0 saturated carbocycles. The summed E-state index contributed by atoms with van der Waals surface area (Å²) in [6.45, 7) is 6.60. The second kappa shape index (κ2) is 10.9. The number of hydrogen-bond donors (Lipinski definition) is 1. The van der Waals surface area contributed by atoms with Crippen molar-refractivity contribution in [3.63, 3.8) is 0 Å². The highest BCUT2D eigenvalue weighted by atomic mass is 35.5. The normalized spacial score (nSPS) is 11.1. The molecule has 0 aliphatic carbocycles. The van der Waals surface area contributed by atoms with Crippen molar-refractivity contribution in [3.8, 4) is 11.5 Å². The minimum Gasteiger partial charge on any atom is -0.488 e. The third-order valence-corrected chi connectivity index (χ3v) is 6.54. The second-order valence-corrected chi connectivity index (χ2v) is 8.99. The Balaban J connectivity index is 1.65. The van der Waals surface area contributed by atoms with E-state index in [0.29, 0.717) is 29.4 Å². The molecular formula is C29H29ClO5. The standard InChI is InChI=1S/C29H29ClO5/c1-4-23-14-22-15-25(30)29(34-16-20-8-6-5-7-9-20)24(28(22)35-23)17-33-26-12-10-21(11-13-27(31)32)18(2)19(26)3/h5-10,12,14-15H,4,11,13,16-17H2,1-3H3,(H,31,32). The molecule has 182 valence electrons. The van der Waals surface area contributed by atoms with Gasteiger partial charge in [0.05, 0.1) is 10.6 Å². The van der Waals surface area contributed by atoms with Gasteiger partial charge in [-0.1, -0.05) is 54.9 Å². The topological polar surface area (TPSA) is 68.9 Å². The van der Waals surface area contributed by atoms with Crippen molar-refractivity contribution in [2.75, 3.05) is 0 Å². The quantitative estimate of drug-likeness (QED) is 0.249. The van der Waals surface area contributed by atoms with E-state index in [0.717, 1.165) is 51.1 Å². The predicted octanol–water partition coefficient (Wildman–Crippen LogP) is 7.44. The van der Waals surface area contributed by atoms with Crippen LogP contribution in [0.3, 0.4) is 0 Å². The van der Waals surface area contributed by atoms with Crippen LogP contribution < -0.4 is 9.47 Å². The Morgan fingerprint density at radius 3 is 2.49 bits per heavy atom. The van der Waals surface area contributed by atoms with Crippen molar-refractivity contribution >= 4 is 28.5 Å². The zero-order valence-corrected chi connectivity index (χ0v) is 20.9. The summed E-state index contributed by atoms with van der Waals surface area (Å²) in [5, 5.41) is 10.4. The first-order valence-corrected chi connectivity index (χ1v) is 12.1. The molecule has 0 aliphatic heterocycles. The van der Waals surface area contributed by atoms with Gasteiger partial charge in [-0.15, -0.1) is 0 Å². The maximum Gasteiger partial charge on any atom is 0.303 e. The van der Waals surface area contributed by atoms with Crippen molar-refractivity contribution in [3.05, 3.63) is 93.2 Å².